The Labute approximate surface area is 163 Å². The van der Waals surface area contributed by atoms with Gasteiger partial charge in [0.1, 0.15) is 0 Å². The topological polar surface area (TPSA) is 69.7 Å². The summed E-state index contributed by atoms with van der Waals surface area (Å²) in [5, 5.41) is 3.18. The lowest BCUT2D eigenvalue weighted by molar-refractivity contribution is 0.0690. The Morgan fingerprint density at radius 1 is 1.31 bits per heavy atom. The third-order valence-corrected chi connectivity index (χ3v) is 6.91. The fourth-order valence-electron chi connectivity index (χ4n) is 3.04. The van der Waals surface area contributed by atoms with Gasteiger partial charge in [-0.05, 0) is 64.4 Å². The van der Waals surface area contributed by atoms with Crippen molar-refractivity contribution in [1.29, 1.82) is 0 Å². The summed E-state index contributed by atoms with van der Waals surface area (Å²) in [6, 6.07) is 6.23. The third-order valence-electron chi connectivity index (χ3n) is 4.88. The summed E-state index contributed by atoms with van der Waals surface area (Å²) >= 11 is 0. The van der Waals surface area contributed by atoms with Gasteiger partial charge < -0.3 is 10.2 Å². The molecule has 0 radical (unpaired) electrons. The molecule has 1 saturated heterocycles. The molecule has 6 nitrogen and oxygen atoms in total. The Bertz CT molecular complexity index is 701. The summed E-state index contributed by atoms with van der Waals surface area (Å²) in [5.74, 6) is 0.507. The standard InChI is InChI=1S/C18H29N3O3S.ClH/c1-14(2)20(4)25(23,24)17-7-5-6-16(12-17)18(22)21-10-8-15(9-11-21)13-19-3;/h5-7,12,14-15,19H,8-11,13H2,1-4H3;1H. The average Bonchev–Trinajstić information content (AvgIpc) is 2.61. The zero-order valence-corrected chi connectivity index (χ0v) is 17.6. The maximum absolute atomic E-state index is 12.7. The summed E-state index contributed by atoms with van der Waals surface area (Å²) in [6.45, 7) is 6.04. The van der Waals surface area contributed by atoms with Crippen LogP contribution in [0.5, 0.6) is 0 Å². The lowest BCUT2D eigenvalue weighted by Gasteiger charge is -2.32. The van der Waals surface area contributed by atoms with Crippen molar-refractivity contribution in [2.75, 3.05) is 33.7 Å². The fourth-order valence-corrected chi connectivity index (χ4v) is 4.46. The molecule has 1 heterocycles. The normalized spacial score (nSPS) is 16.0. The minimum atomic E-state index is -3.59. The van der Waals surface area contributed by atoms with Crippen molar-refractivity contribution in [1.82, 2.24) is 14.5 Å². The quantitative estimate of drug-likeness (QED) is 0.790. The Hall–Kier alpha value is -1.15. The minimum absolute atomic E-state index is 0. The molecule has 1 N–H and O–H groups in total. The smallest absolute Gasteiger partial charge is 0.253 e. The van der Waals surface area contributed by atoms with Gasteiger partial charge in [-0.25, -0.2) is 8.42 Å². The van der Waals surface area contributed by atoms with E-state index in [4.69, 9.17) is 0 Å². The highest BCUT2D eigenvalue weighted by molar-refractivity contribution is 7.89. The molecular formula is C18H30ClN3O3S. The number of hydrogen-bond acceptors (Lipinski definition) is 4. The van der Waals surface area contributed by atoms with Gasteiger partial charge in [0.15, 0.2) is 0 Å². The van der Waals surface area contributed by atoms with Crippen molar-refractivity contribution in [2.45, 2.75) is 37.6 Å². The number of rotatable bonds is 6. The van der Waals surface area contributed by atoms with Crippen LogP contribution in [0.2, 0.25) is 0 Å². The first-order valence-electron chi connectivity index (χ1n) is 8.79. The molecule has 1 aliphatic heterocycles. The molecule has 1 amide bonds. The molecule has 0 spiro atoms. The monoisotopic (exact) mass is 403 g/mol. The van der Waals surface area contributed by atoms with Crippen LogP contribution in [0, 0.1) is 5.92 Å². The first-order chi connectivity index (χ1) is 11.8. The van der Waals surface area contributed by atoms with Crippen molar-refractivity contribution >= 4 is 28.3 Å². The van der Waals surface area contributed by atoms with Gasteiger partial charge in [0.2, 0.25) is 10.0 Å². The van der Waals surface area contributed by atoms with E-state index < -0.39 is 10.0 Å². The second-order valence-corrected chi connectivity index (χ2v) is 8.93. The molecule has 0 atom stereocenters. The predicted molar refractivity (Wildman–Crippen MR) is 106 cm³/mol. The van der Waals surface area contributed by atoms with Crippen LogP contribution in [0.1, 0.15) is 37.0 Å². The molecule has 1 aromatic carbocycles. The number of likely N-dealkylation sites (tertiary alicyclic amines) is 1. The number of halogens is 1. The number of carbonyl (C=O) groups excluding carboxylic acids is 1. The van der Waals surface area contributed by atoms with E-state index >= 15 is 0 Å². The number of sulfonamides is 1. The molecule has 1 aromatic rings. The number of nitrogens with zero attached hydrogens (tertiary/aromatic N) is 2. The number of hydrogen-bond donors (Lipinski definition) is 1. The zero-order valence-electron chi connectivity index (χ0n) is 15.9. The van der Waals surface area contributed by atoms with Crippen LogP contribution in [0.25, 0.3) is 0 Å². The van der Waals surface area contributed by atoms with Gasteiger partial charge in [0, 0.05) is 31.7 Å². The van der Waals surface area contributed by atoms with E-state index in [9.17, 15) is 13.2 Å². The molecular weight excluding hydrogens is 374 g/mol. The van der Waals surface area contributed by atoms with E-state index in [2.05, 4.69) is 5.32 Å². The summed E-state index contributed by atoms with van der Waals surface area (Å²) in [4.78, 5) is 14.7. The van der Waals surface area contributed by atoms with Gasteiger partial charge in [-0.3, -0.25) is 4.79 Å². The van der Waals surface area contributed by atoms with E-state index in [1.54, 1.807) is 25.2 Å². The Morgan fingerprint density at radius 2 is 1.92 bits per heavy atom. The molecule has 0 aliphatic carbocycles. The molecule has 1 fully saturated rings. The highest BCUT2D eigenvalue weighted by Gasteiger charge is 2.26. The van der Waals surface area contributed by atoms with Crippen LogP contribution in [-0.4, -0.2) is 63.3 Å². The molecule has 1 aliphatic rings. The van der Waals surface area contributed by atoms with E-state index in [0.717, 1.165) is 19.4 Å². The molecule has 26 heavy (non-hydrogen) atoms. The summed E-state index contributed by atoms with van der Waals surface area (Å²) in [6.07, 6.45) is 1.95. The van der Waals surface area contributed by atoms with Gasteiger partial charge in [0.05, 0.1) is 4.90 Å². The van der Waals surface area contributed by atoms with Crippen LogP contribution in [0.15, 0.2) is 29.2 Å². The third kappa shape index (κ3) is 5.19. The SMILES string of the molecule is CNCC1CCN(C(=O)c2cccc(S(=O)(=O)N(C)C(C)C)c2)CC1.Cl. The largest absolute Gasteiger partial charge is 0.339 e. The molecule has 0 bridgehead atoms. The minimum Gasteiger partial charge on any atom is -0.339 e. The van der Waals surface area contributed by atoms with Crippen LogP contribution >= 0.6 is 12.4 Å². The highest BCUT2D eigenvalue weighted by atomic mass is 35.5. The van der Waals surface area contributed by atoms with E-state index in [0.29, 0.717) is 24.6 Å². The first-order valence-corrected chi connectivity index (χ1v) is 10.2. The maximum Gasteiger partial charge on any atom is 0.253 e. The lowest BCUT2D eigenvalue weighted by Crippen LogP contribution is -2.40. The Morgan fingerprint density at radius 3 is 2.46 bits per heavy atom. The maximum atomic E-state index is 12.7. The van der Waals surface area contributed by atoms with Crippen LogP contribution in [0.3, 0.4) is 0 Å². The lowest BCUT2D eigenvalue weighted by atomic mass is 9.96. The molecule has 0 aromatic heterocycles. The van der Waals surface area contributed by atoms with E-state index in [1.165, 1.54) is 10.4 Å². The van der Waals surface area contributed by atoms with Crippen molar-refractivity contribution in [3.05, 3.63) is 29.8 Å². The summed E-state index contributed by atoms with van der Waals surface area (Å²) in [7, 11) is -0.0881. The van der Waals surface area contributed by atoms with Gasteiger partial charge >= 0.3 is 0 Å². The zero-order chi connectivity index (χ0) is 18.6. The second kappa shape index (κ2) is 9.69. The van der Waals surface area contributed by atoms with Crippen LogP contribution in [-0.2, 0) is 10.0 Å². The molecule has 8 heteroatoms. The average molecular weight is 404 g/mol. The van der Waals surface area contributed by atoms with Crippen LogP contribution in [0.4, 0.5) is 0 Å². The van der Waals surface area contributed by atoms with Crippen molar-refractivity contribution in [2.24, 2.45) is 5.92 Å². The Kier molecular flexibility index (Phi) is 8.53. The molecule has 2 rings (SSSR count). The van der Waals surface area contributed by atoms with E-state index in [-0.39, 0.29) is 29.3 Å². The number of nitrogens with one attached hydrogen (secondary N) is 1. The van der Waals surface area contributed by atoms with Crippen molar-refractivity contribution in [3.8, 4) is 0 Å². The summed E-state index contributed by atoms with van der Waals surface area (Å²) < 4.78 is 26.6. The molecule has 0 saturated carbocycles. The van der Waals surface area contributed by atoms with Gasteiger partial charge in [-0.15, -0.1) is 12.4 Å². The van der Waals surface area contributed by atoms with Crippen LogP contribution < -0.4 is 5.32 Å². The number of benzene rings is 1. The number of amides is 1. The predicted octanol–water partition coefficient (Wildman–Crippen LogP) is 2.21. The Balaban J connectivity index is 0.00000338. The van der Waals surface area contributed by atoms with Crippen molar-refractivity contribution in [3.63, 3.8) is 0 Å². The summed E-state index contributed by atoms with van der Waals surface area (Å²) in [5.41, 5.74) is 0.435. The highest BCUT2D eigenvalue weighted by Crippen LogP contribution is 2.21. The van der Waals surface area contributed by atoms with Gasteiger partial charge in [0.25, 0.3) is 5.91 Å². The molecule has 148 valence electrons. The van der Waals surface area contributed by atoms with E-state index in [1.807, 2.05) is 25.8 Å². The van der Waals surface area contributed by atoms with Gasteiger partial charge in [-0.2, -0.15) is 4.31 Å². The number of piperidine rings is 1. The second-order valence-electron chi connectivity index (χ2n) is 6.94. The fraction of sp³-hybridized carbons (Fsp3) is 0.611. The number of carbonyl (C=O) groups is 1. The first kappa shape index (κ1) is 22.9. The molecule has 0 unspecified atom stereocenters. The van der Waals surface area contributed by atoms with Crippen molar-refractivity contribution < 1.29 is 13.2 Å². The van der Waals surface area contributed by atoms with Gasteiger partial charge in [-0.1, -0.05) is 6.07 Å².